The summed E-state index contributed by atoms with van der Waals surface area (Å²) < 4.78 is 0. The van der Waals surface area contributed by atoms with Crippen molar-refractivity contribution in [1.82, 2.24) is 10.2 Å². The van der Waals surface area contributed by atoms with Gasteiger partial charge in [0.25, 0.3) is 0 Å². The maximum absolute atomic E-state index is 3.78. The number of nitrogens with one attached hydrogen (secondary N) is 1. The van der Waals surface area contributed by atoms with Gasteiger partial charge < -0.3 is 10.2 Å². The monoisotopic (exact) mass is 216 g/mol. The molecule has 1 atom stereocenters. The fourth-order valence-electron chi connectivity index (χ4n) is 2.36. The first kappa shape index (κ1) is 11.4. The van der Waals surface area contributed by atoms with Gasteiger partial charge in [-0.1, -0.05) is 30.3 Å². The molecule has 0 spiro atoms. The van der Waals surface area contributed by atoms with Crippen molar-refractivity contribution in [2.75, 3.05) is 26.7 Å². The van der Waals surface area contributed by atoms with E-state index in [1.54, 1.807) is 0 Å². The van der Waals surface area contributed by atoms with Gasteiger partial charge in [0.1, 0.15) is 0 Å². The first-order valence-electron chi connectivity index (χ1n) is 5.92. The molecule has 1 heterocycles. The molecule has 0 amide bonds. The third-order valence-electron chi connectivity index (χ3n) is 3.15. The van der Waals surface area contributed by atoms with Crippen LogP contribution in [0.1, 0.15) is 17.2 Å². The molecule has 0 bridgehead atoms. The Hall–Kier alpha value is -1.12. The zero-order valence-corrected chi connectivity index (χ0v) is 9.95. The molecule has 0 aromatic heterocycles. The summed E-state index contributed by atoms with van der Waals surface area (Å²) in [5.41, 5.74) is 2.96. The number of hydrogen-bond donors (Lipinski definition) is 1. The lowest BCUT2D eigenvalue weighted by Crippen LogP contribution is -2.37. The van der Waals surface area contributed by atoms with E-state index in [9.17, 15) is 0 Å². The third kappa shape index (κ3) is 2.52. The molecule has 1 aliphatic rings. The lowest BCUT2D eigenvalue weighted by atomic mass is 9.94. The first-order chi connectivity index (χ1) is 7.81. The Morgan fingerprint density at radius 2 is 2.31 bits per heavy atom. The van der Waals surface area contributed by atoms with Gasteiger partial charge in [-0.15, -0.1) is 6.58 Å². The molecule has 2 nitrogen and oxygen atoms in total. The molecule has 86 valence electrons. The summed E-state index contributed by atoms with van der Waals surface area (Å²) in [6.45, 7) is 6.85. The van der Waals surface area contributed by atoms with Gasteiger partial charge >= 0.3 is 0 Å². The Labute approximate surface area is 98.0 Å². The normalized spacial score (nSPS) is 19.5. The average molecular weight is 216 g/mol. The van der Waals surface area contributed by atoms with Crippen LogP contribution in [-0.2, 0) is 6.42 Å². The summed E-state index contributed by atoms with van der Waals surface area (Å²) in [5, 5.41) is 3.59. The van der Waals surface area contributed by atoms with Gasteiger partial charge in [0.15, 0.2) is 0 Å². The van der Waals surface area contributed by atoms with Gasteiger partial charge in [-0.05, 0) is 31.1 Å². The van der Waals surface area contributed by atoms with Gasteiger partial charge in [-0.2, -0.15) is 0 Å². The summed E-state index contributed by atoms with van der Waals surface area (Å²) in [4.78, 5) is 2.30. The van der Waals surface area contributed by atoms with E-state index in [2.05, 4.69) is 48.1 Å². The molecule has 0 saturated carbocycles. The van der Waals surface area contributed by atoms with Crippen molar-refractivity contribution in [3.8, 4) is 0 Å². The van der Waals surface area contributed by atoms with Crippen LogP contribution in [0.2, 0.25) is 0 Å². The van der Waals surface area contributed by atoms with E-state index in [1.807, 2.05) is 6.08 Å². The lowest BCUT2D eigenvalue weighted by molar-refractivity contribution is 0.310. The molecular formula is C14H20N2. The van der Waals surface area contributed by atoms with Crippen LogP contribution >= 0.6 is 0 Å². The van der Waals surface area contributed by atoms with Crippen LogP contribution < -0.4 is 5.32 Å². The predicted molar refractivity (Wildman–Crippen MR) is 68.6 cm³/mol. The second-order valence-corrected chi connectivity index (χ2v) is 4.47. The summed E-state index contributed by atoms with van der Waals surface area (Å²) in [5.74, 6) is 0. The zero-order valence-electron chi connectivity index (χ0n) is 9.95. The standard InChI is InChI=1S/C14H20N2/c1-3-10-16(2)11-14-13-7-5-4-6-12(13)8-9-15-14/h3-7,14-15H,1,8-11H2,2H3. The van der Waals surface area contributed by atoms with Crippen molar-refractivity contribution in [2.24, 2.45) is 0 Å². The topological polar surface area (TPSA) is 15.3 Å². The second kappa shape index (κ2) is 5.28. The molecular weight excluding hydrogens is 196 g/mol. The minimum atomic E-state index is 0.467. The molecule has 2 rings (SSSR count). The maximum atomic E-state index is 3.78. The number of fused-ring (bicyclic) bond motifs is 1. The Balaban J connectivity index is 2.09. The SMILES string of the molecule is C=CCN(C)CC1NCCc2ccccc21. The van der Waals surface area contributed by atoms with Crippen molar-refractivity contribution >= 4 is 0 Å². The maximum Gasteiger partial charge on any atom is 0.0452 e. The highest BCUT2D eigenvalue weighted by atomic mass is 15.1. The molecule has 0 fully saturated rings. The minimum absolute atomic E-state index is 0.467. The van der Waals surface area contributed by atoms with E-state index in [1.165, 1.54) is 11.1 Å². The van der Waals surface area contributed by atoms with Crippen LogP contribution in [0.3, 0.4) is 0 Å². The smallest absolute Gasteiger partial charge is 0.0452 e. The second-order valence-electron chi connectivity index (χ2n) is 4.47. The molecule has 1 aliphatic heterocycles. The van der Waals surface area contributed by atoms with Crippen molar-refractivity contribution in [2.45, 2.75) is 12.5 Å². The lowest BCUT2D eigenvalue weighted by Gasteiger charge is -2.30. The summed E-state index contributed by atoms with van der Waals surface area (Å²) in [6, 6.07) is 9.22. The number of hydrogen-bond acceptors (Lipinski definition) is 2. The van der Waals surface area contributed by atoms with E-state index in [0.717, 1.165) is 26.1 Å². The van der Waals surface area contributed by atoms with E-state index < -0.39 is 0 Å². The molecule has 0 radical (unpaired) electrons. The van der Waals surface area contributed by atoms with Crippen LogP contribution in [0.5, 0.6) is 0 Å². The van der Waals surface area contributed by atoms with Crippen molar-refractivity contribution in [1.29, 1.82) is 0 Å². The Kier molecular flexibility index (Phi) is 3.75. The highest BCUT2D eigenvalue weighted by Crippen LogP contribution is 2.22. The van der Waals surface area contributed by atoms with Gasteiger partial charge in [0.05, 0.1) is 0 Å². The fraction of sp³-hybridized carbons (Fsp3) is 0.429. The highest BCUT2D eigenvalue weighted by molar-refractivity contribution is 5.32. The quantitative estimate of drug-likeness (QED) is 0.774. The van der Waals surface area contributed by atoms with Crippen LogP contribution in [0, 0.1) is 0 Å². The number of likely N-dealkylation sites (N-methyl/N-ethyl adjacent to an activating group) is 1. The molecule has 1 aromatic carbocycles. The van der Waals surface area contributed by atoms with Crippen LogP contribution in [0.15, 0.2) is 36.9 Å². The van der Waals surface area contributed by atoms with Crippen LogP contribution in [-0.4, -0.2) is 31.6 Å². The van der Waals surface area contributed by atoms with E-state index in [4.69, 9.17) is 0 Å². The highest BCUT2D eigenvalue weighted by Gasteiger charge is 2.19. The molecule has 1 aromatic rings. The van der Waals surface area contributed by atoms with Gasteiger partial charge in [0.2, 0.25) is 0 Å². The summed E-state index contributed by atoms with van der Waals surface area (Å²) >= 11 is 0. The van der Waals surface area contributed by atoms with Crippen molar-refractivity contribution in [3.05, 3.63) is 48.0 Å². The Bertz CT molecular complexity index is 360. The average Bonchev–Trinajstić information content (AvgIpc) is 2.30. The molecule has 0 saturated heterocycles. The number of nitrogens with zero attached hydrogens (tertiary/aromatic N) is 1. The summed E-state index contributed by atoms with van der Waals surface area (Å²) in [7, 11) is 2.14. The van der Waals surface area contributed by atoms with Gasteiger partial charge in [0, 0.05) is 19.1 Å². The molecule has 1 N–H and O–H groups in total. The van der Waals surface area contributed by atoms with Crippen LogP contribution in [0.4, 0.5) is 0 Å². The zero-order chi connectivity index (χ0) is 11.4. The largest absolute Gasteiger partial charge is 0.309 e. The Morgan fingerprint density at radius 3 is 3.12 bits per heavy atom. The van der Waals surface area contributed by atoms with Gasteiger partial charge in [-0.3, -0.25) is 0 Å². The predicted octanol–water partition coefficient (Wildman–Crippen LogP) is 1.99. The molecule has 16 heavy (non-hydrogen) atoms. The van der Waals surface area contributed by atoms with E-state index in [-0.39, 0.29) is 0 Å². The van der Waals surface area contributed by atoms with Gasteiger partial charge in [-0.25, -0.2) is 0 Å². The number of rotatable bonds is 4. The van der Waals surface area contributed by atoms with E-state index in [0.29, 0.717) is 6.04 Å². The van der Waals surface area contributed by atoms with Crippen molar-refractivity contribution in [3.63, 3.8) is 0 Å². The molecule has 0 aliphatic carbocycles. The fourth-order valence-corrected chi connectivity index (χ4v) is 2.36. The van der Waals surface area contributed by atoms with E-state index >= 15 is 0 Å². The van der Waals surface area contributed by atoms with Crippen molar-refractivity contribution < 1.29 is 0 Å². The molecule has 2 heteroatoms. The third-order valence-corrected chi connectivity index (χ3v) is 3.15. The van der Waals surface area contributed by atoms with Crippen LogP contribution in [0.25, 0.3) is 0 Å². The molecule has 1 unspecified atom stereocenters. The first-order valence-corrected chi connectivity index (χ1v) is 5.92. The summed E-state index contributed by atoms with van der Waals surface area (Å²) in [6.07, 6.45) is 3.10. The number of benzene rings is 1. The Morgan fingerprint density at radius 1 is 1.50 bits per heavy atom. The minimum Gasteiger partial charge on any atom is -0.309 e.